The summed E-state index contributed by atoms with van der Waals surface area (Å²) in [5.74, 6) is -0.352. The van der Waals surface area contributed by atoms with Gasteiger partial charge in [-0.3, -0.25) is 4.79 Å². The van der Waals surface area contributed by atoms with E-state index in [9.17, 15) is 4.79 Å². The van der Waals surface area contributed by atoms with Gasteiger partial charge in [-0.2, -0.15) is 0 Å². The van der Waals surface area contributed by atoms with Crippen LogP contribution in [0.2, 0.25) is 5.02 Å². The Morgan fingerprint density at radius 2 is 2.31 bits per heavy atom. The summed E-state index contributed by atoms with van der Waals surface area (Å²) in [5.41, 5.74) is 6.78. The summed E-state index contributed by atoms with van der Waals surface area (Å²) in [5, 5.41) is 3.31. The first-order valence-electron chi connectivity index (χ1n) is 4.44. The summed E-state index contributed by atoms with van der Waals surface area (Å²) in [7, 11) is 1.33. The molecule has 0 bridgehead atoms. The molecule has 0 aliphatic carbocycles. The maximum Gasteiger partial charge on any atom is 0.325 e. The Labute approximate surface area is 104 Å². The van der Waals surface area contributed by atoms with Crippen LogP contribution in [0.15, 0.2) is 18.2 Å². The number of carbonyl (C=O) groups is 1. The highest BCUT2D eigenvalue weighted by Gasteiger charge is 2.05. The minimum Gasteiger partial charge on any atom is -0.468 e. The van der Waals surface area contributed by atoms with Crippen molar-refractivity contribution >= 4 is 40.5 Å². The van der Waals surface area contributed by atoms with Crippen molar-refractivity contribution in [2.45, 2.75) is 0 Å². The third-order valence-corrected chi connectivity index (χ3v) is 2.43. The maximum absolute atomic E-state index is 10.9. The van der Waals surface area contributed by atoms with Crippen molar-refractivity contribution < 1.29 is 9.53 Å². The first-order chi connectivity index (χ1) is 7.54. The number of rotatable bonds is 4. The smallest absolute Gasteiger partial charge is 0.325 e. The van der Waals surface area contributed by atoms with Crippen LogP contribution in [0.25, 0.3) is 0 Å². The summed E-state index contributed by atoms with van der Waals surface area (Å²) >= 11 is 10.8. The number of thiocarbonyl (C=S) groups is 1. The van der Waals surface area contributed by atoms with Crippen molar-refractivity contribution in [2.75, 3.05) is 19.0 Å². The molecule has 1 rings (SSSR count). The SMILES string of the molecule is COC(=O)CNc1ccc(C(N)=S)c(Cl)c1. The lowest BCUT2D eigenvalue weighted by Gasteiger charge is -2.07. The maximum atomic E-state index is 10.9. The van der Waals surface area contributed by atoms with E-state index in [0.717, 1.165) is 0 Å². The summed E-state index contributed by atoms with van der Waals surface area (Å²) in [6, 6.07) is 5.09. The first kappa shape index (κ1) is 12.7. The number of ether oxygens (including phenoxy) is 1. The lowest BCUT2D eigenvalue weighted by Crippen LogP contribution is -2.15. The predicted octanol–water partition coefficient (Wildman–Crippen LogP) is 1.56. The van der Waals surface area contributed by atoms with Gasteiger partial charge in [0.25, 0.3) is 0 Å². The van der Waals surface area contributed by atoms with E-state index in [2.05, 4.69) is 10.1 Å². The largest absolute Gasteiger partial charge is 0.468 e. The van der Waals surface area contributed by atoms with Crippen molar-refractivity contribution in [3.05, 3.63) is 28.8 Å². The van der Waals surface area contributed by atoms with Gasteiger partial charge in [0.1, 0.15) is 11.5 Å². The lowest BCUT2D eigenvalue weighted by atomic mass is 10.2. The highest BCUT2D eigenvalue weighted by Crippen LogP contribution is 2.20. The highest BCUT2D eigenvalue weighted by molar-refractivity contribution is 7.80. The van der Waals surface area contributed by atoms with E-state index in [-0.39, 0.29) is 17.5 Å². The van der Waals surface area contributed by atoms with E-state index in [0.29, 0.717) is 16.3 Å². The molecule has 0 saturated carbocycles. The predicted molar refractivity (Wildman–Crippen MR) is 67.8 cm³/mol. The molecule has 0 amide bonds. The zero-order valence-corrected chi connectivity index (χ0v) is 10.2. The fourth-order valence-corrected chi connectivity index (χ4v) is 1.59. The number of hydrogen-bond acceptors (Lipinski definition) is 4. The Hall–Kier alpha value is -1.33. The average molecular weight is 259 g/mol. The molecule has 0 aromatic heterocycles. The molecule has 4 nitrogen and oxygen atoms in total. The Kier molecular flexibility index (Phi) is 4.52. The minimum absolute atomic E-state index is 0.0826. The zero-order chi connectivity index (χ0) is 12.1. The molecule has 16 heavy (non-hydrogen) atoms. The van der Waals surface area contributed by atoms with Crippen molar-refractivity contribution in [1.29, 1.82) is 0 Å². The minimum atomic E-state index is -0.352. The van der Waals surface area contributed by atoms with E-state index < -0.39 is 0 Å². The fourth-order valence-electron chi connectivity index (χ4n) is 1.07. The third kappa shape index (κ3) is 3.36. The molecule has 0 fully saturated rings. The van der Waals surface area contributed by atoms with Gasteiger partial charge in [0.15, 0.2) is 0 Å². The molecule has 0 unspecified atom stereocenters. The number of methoxy groups -OCH3 is 1. The van der Waals surface area contributed by atoms with Gasteiger partial charge in [0.05, 0.1) is 12.1 Å². The Morgan fingerprint density at radius 3 is 2.81 bits per heavy atom. The molecule has 86 valence electrons. The van der Waals surface area contributed by atoms with Gasteiger partial charge < -0.3 is 15.8 Å². The number of halogens is 1. The van der Waals surface area contributed by atoms with E-state index in [1.54, 1.807) is 18.2 Å². The topological polar surface area (TPSA) is 64.3 Å². The summed E-state index contributed by atoms with van der Waals surface area (Å²) < 4.78 is 4.49. The van der Waals surface area contributed by atoms with Crippen LogP contribution in [0.1, 0.15) is 5.56 Å². The molecule has 6 heteroatoms. The lowest BCUT2D eigenvalue weighted by molar-refractivity contribution is -0.138. The average Bonchev–Trinajstić information content (AvgIpc) is 2.25. The molecule has 0 heterocycles. The second-order valence-electron chi connectivity index (χ2n) is 2.99. The van der Waals surface area contributed by atoms with Crippen LogP contribution in [0, 0.1) is 0 Å². The van der Waals surface area contributed by atoms with Gasteiger partial charge in [-0.05, 0) is 18.2 Å². The first-order valence-corrected chi connectivity index (χ1v) is 5.23. The van der Waals surface area contributed by atoms with Crippen molar-refractivity contribution in [3.8, 4) is 0 Å². The van der Waals surface area contributed by atoms with Gasteiger partial charge in [0, 0.05) is 11.3 Å². The second kappa shape index (κ2) is 5.67. The van der Waals surface area contributed by atoms with E-state index in [1.807, 2.05) is 0 Å². The second-order valence-corrected chi connectivity index (χ2v) is 3.84. The molecule has 0 aliphatic rings. The molecule has 0 radical (unpaired) electrons. The van der Waals surface area contributed by atoms with Crippen LogP contribution >= 0.6 is 23.8 Å². The molecule has 1 aromatic rings. The fraction of sp³-hybridized carbons (Fsp3) is 0.200. The number of carbonyl (C=O) groups excluding carboxylic acids is 1. The van der Waals surface area contributed by atoms with Gasteiger partial charge >= 0.3 is 5.97 Å². The Bertz CT molecular complexity index is 423. The quantitative estimate of drug-likeness (QED) is 0.634. The van der Waals surface area contributed by atoms with Crippen molar-refractivity contribution in [3.63, 3.8) is 0 Å². The van der Waals surface area contributed by atoms with Crippen LogP contribution in [0.5, 0.6) is 0 Å². The summed E-state index contributed by atoms with van der Waals surface area (Å²) in [4.78, 5) is 11.1. The Balaban J connectivity index is 2.74. The molecule has 0 atom stereocenters. The highest BCUT2D eigenvalue weighted by atomic mass is 35.5. The van der Waals surface area contributed by atoms with Crippen LogP contribution in [0.3, 0.4) is 0 Å². The third-order valence-electron chi connectivity index (χ3n) is 1.90. The number of nitrogens with two attached hydrogens (primary N) is 1. The van der Waals surface area contributed by atoms with Crippen LogP contribution in [0.4, 0.5) is 5.69 Å². The molecule has 3 N–H and O–H groups in total. The number of anilines is 1. The van der Waals surface area contributed by atoms with Gasteiger partial charge in [-0.1, -0.05) is 23.8 Å². The van der Waals surface area contributed by atoms with E-state index in [4.69, 9.17) is 29.6 Å². The number of hydrogen-bond donors (Lipinski definition) is 2. The molecule has 0 aliphatic heterocycles. The summed E-state index contributed by atoms with van der Waals surface area (Å²) in [6.45, 7) is 0.0826. The monoisotopic (exact) mass is 258 g/mol. The zero-order valence-electron chi connectivity index (χ0n) is 8.62. The van der Waals surface area contributed by atoms with E-state index in [1.165, 1.54) is 7.11 Å². The molecule has 0 spiro atoms. The van der Waals surface area contributed by atoms with Gasteiger partial charge in [0.2, 0.25) is 0 Å². The number of nitrogens with one attached hydrogen (secondary N) is 1. The normalized spacial score (nSPS) is 9.62. The van der Waals surface area contributed by atoms with Crippen molar-refractivity contribution in [2.24, 2.45) is 5.73 Å². The summed E-state index contributed by atoms with van der Waals surface area (Å²) in [6.07, 6.45) is 0. The number of benzene rings is 1. The van der Waals surface area contributed by atoms with Crippen LogP contribution in [-0.2, 0) is 9.53 Å². The van der Waals surface area contributed by atoms with Crippen LogP contribution < -0.4 is 11.1 Å². The van der Waals surface area contributed by atoms with Crippen molar-refractivity contribution in [1.82, 2.24) is 0 Å². The molecule has 0 saturated heterocycles. The van der Waals surface area contributed by atoms with Gasteiger partial charge in [-0.15, -0.1) is 0 Å². The van der Waals surface area contributed by atoms with Gasteiger partial charge in [-0.25, -0.2) is 0 Å². The standard InChI is InChI=1S/C10H11ClN2O2S/c1-15-9(14)5-13-6-2-3-7(10(12)16)8(11)4-6/h2-4,13H,5H2,1H3,(H2,12,16). The van der Waals surface area contributed by atoms with Crippen LogP contribution in [-0.4, -0.2) is 24.6 Å². The molecular formula is C10H11ClN2O2S. The number of esters is 1. The van der Waals surface area contributed by atoms with E-state index >= 15 is 0 Å². The molecule has 1 aromatic carbocycles. The molecular weight excluding hydrogens is 248 g/mol. The Morgan fingerprint density at radius 1 is 1.62 bits per heavy atom.